The molecular formula is C5H13Al. The van der Waals surface area contributed by atoms with E-state index in [0.29, 0.717) is 0 Å². The summed E-state index contributed by atoms with van der Waals surface area (Å²) in [6.07, 6.45) is 0. The van der Waals surface area contributed by atoms with Crippen molar-refractivity contribution in [1.29, 1.82) is 0 Å². The molecule has 0 aromatic carbocycles. The third-order valence-electron chi connectivity index (χ3n) is 1.05. The molecule has 0 fully saturated rings. The molecule has 1 atom stereocenters. The first-order valence-corrected chi connectivity index (χ1v) is 3.07. The number of hydrogen-bond donors (Lipinski definition) is 0. The van der Waals surface area contributed by atoms with Gasteiger partial charge in [0.15, 0.2) is 0 Å². The van der Waals surface area contributed by atoms with Crippen LogP contribution >= 0.6 is 0 Å². The normalized spacial score (nSPS) is 15.3. The van der Waals surface area contributed by atoms with Crippen molar-refractivity contribution in [3.8, 4) is 0 Å². The molecule has 0 aliphatic heterocycles. The lowest BCUT2D eigenvalue weighted by molar-refractivity contribution is 0.625. The van der Waals surface area contributed by atoms with Gasteiger partial charge < -0.3 is 0 Å². The zero-order chi connectivity index (χ0) is 5.15. The van der Waals surface area contributed by atoms with Gasteiger partial charge in [-0.3, -0.25) is 0 Å². The highest BCUT2D eigenvalue weighted by molar-refractivity contribution is 6.11. The van der Waals surface area contributed by atoms with Gasteiger partial charge in [-0.2, -0.15) is 0 Å². The van der Waals surface area contributed by atoms with Gasteiger partial charge in [0.1, 0.15) is 16.3 Å². The topological polar surface area (TPSA) is 0 Å². The molecular weight excluding hydrogens is 87.0 g/mol. The van der Waals surface area contributed by atoms with E-state index in [1.807, 2.05) is 0 Å². The average molecular weight is 100 g/mol. The first-order chi connectivity index (χ1) is 2.64. The van der Waals surface area contributed by atoms with Crippen LogP contribution in [0.15, 0.2) is 0 Å². The maximum Gasteiger partial charge on any atom is 0.123 e. The van der Waals surface area contributed by atoms with Crippen LogP contribution in [0.5, 0.6) is 0 Å². The Bertz CT molecular complexity index is 29.1. The summed E-state index contributed by atoms with van der Waals surface area (Å²) in [6, 6.07) is 0. The van der Waals surface area contributed by atoms with E-state index in [1.54, 1.807) is 0 Å². The van der Waals surface area contributed by atoms with E-state index < -0.39 is 0 Å². The smallest absolute Gasteiger partial charge is 0.108 e. The van der Waals surface area contributed by atoms with E-state index >= 15 is 0 Å². The van der Waals surface area contributed by atoms with Crippen LogP contribution in [-0.2, 0) is 0 Å². The van der Waals surface area contributed by atoms with Crippen LogP contribution in [-0.4, -0.2) is 16.3 Å². The lowest BCUT2D eigenvalue weighted by Gasteiger charge is -2.06. The second-order valence-corrected chi connectivity index (χ2v) is 3.15. The van der Waals surface area contributed by atoms with Gasteiger partial charge in [0.25, 0.3) is 0 Å². The predicted octanol–water partition coefficient (Wildman–Crippen LogP) is 1.87. The standard InChI is InChI=1S/C5H11.Al.H2/c1-4-5(2)3;;/h4-5H,1-3H3;;1H. The minimum Gasteiger partial charge on any atom is -0.108 e. The molecule has 1 unspecified atom stereocenters. The van der Waals surface area contributed by atoms with Gasteiger partial charge in [0.05, 0.1) is 0 Å². The summed E-state index contributed by atoms with van der Waals surface area (Å²) < 4.78 is 0.769. The van der Waals surface area contributed by atoms with Gasteiger partial charge >= 0.3 is 0 Å². The summed E-state index contributed by atoms with van der Waals surface area (Å²) in [5.74, 6) is 0.815. The Morgan fingerprint density at radius 3 is 1.50 bits per heavy atom. The van der Waals surface area contributed by atoms with Crippen LogP contribution < -0.4 is 0 Å². The van der Waals surface area contributed by atoms with Crippen molar-refractivity contribution in [3.05, 3.63) is 0 Å². The molecule has 0 aromatic rings. The molecule has 0 aliphatic carbocycles. The largest absolute Gasteiger partial charge is 0.123 e. The lowest BCUT2D eigenvalue weighted by atomic mass is 10.1. The van der Waals surface area contributed by atoms with E-state index in [4.69, 9.17) is 0 Å². The van der Waals surface area contributed by atoms with Gasteiger partial charge in [0.2, 0.25) is 0 Å². The quantitative estimate of drug-likeness (QED) is 0.441. The first-order valence-electron chi connectivity index (χ1n) is 2.40. The van der Waals surface area contributed by atoms with Gasteiger partial charge in [-0.1, -0.05) is 26.7 Å². The fourth-order valence-corrected chi connectivity index (χ4v) is 0. The Labute approximate surface area is 49.8 Å². The molecule has 0 nitrogen and oxygen atoms in total. The maximum absolute atomic E-state index is 2.77. The van der Waals surface area contributed by atoms with Crippen LogP contribution in [0.2, 0.25) is 4.78 Å². The van der Waals surface area contributed by atoms with Crippen LogP contribution in [0, 0.1) is 5.92 Å². The molecule has 0 amide bonds. The zero-order valence-corrected chi connectivity index (χ0v) is 5.89. The molecule has 0 heterocycles. The Morgan fingerprint density at radius 1 is 1.33 bits per heavy atom. The van der Waals surface area contributed by atoms with Gasteiger partial charge in [-0.25, -0.2) is 0 Å². The lowest BCUT2D eigenvalue weighted by Crippen LogP contribution is -1.93. The second-order valence-electron chi connectivity index (χ2n) is 2.10. The monoisotopic (exact) mass is 100 g/mol. The molecule has 2 radical (unpaired) electrons. The minimum atomic E-state index is 0. The Balaban J connectivity index is 0. The van der Waals surface area contributed by atoms with Crippen molar-refractivity contribution in [2.45, 2.75) is 25.6 Å². The van der Waals surface area contributed by atoms with Gasteiger partial charge in [-0.15, -0.1) is 4.78 Å². The Morgan fingerprint density at radius 2 is 1.50 bits per heavy atom. The minimum absolute atomic E-state index is 0. The summed E-state index contributed by atoms with van der Waals surface area (Å²) >= 11 is 2.77. The molecule has 0 saturated heterocycles. The van der Waals surface area contributed by atoms with Gasteiger partial charge in [-0.05, 0) is 0 Å². The Hall–Kier alpha value is 0.532. The van der Waals surface area contributed by atoms with Crippen LogP contribution in [0.1, 0.15) is 22.2 Å². The molecule has 1 heteroatoms. The maximum atomic E-state index is 2.77. The van der Waals surface area contributed by atoms with Crippen molar-refractivity contribution < 1.29 is 1.43 Å². The first kappa shape index (κ1) is 6.53. The van der Waals surface area contributed by atoms with E-state index in [-0.39, 0.29) is 1.43 Å². The SMILES string of the molecule is CC(C)[CH](C)[Al].[HH]. The van der Waals surface area contributed by atoms with E-state index in [2.05, 4.69) is 37.1 Å². The van der Waals surface area contributed by atoms with E-state index in [0.717, 1.165) is 10.7 Å². The molecule has 0 N–H and O–H groups in total. The highest BCUT2D eigenvalue weighted by Gasteiger charge is 1.94. The third-order valence-corrected chi connectivity index (χ3v) is 1.82. The molecule has 36 valence electrons. The van der Waals surface area contributed by atoms with Crippen molar-refractivity contribution in [1.82, 2.24) is 0 Å². The summed E-state index contributed by atoms with van der Waals surface area (Å²) in [5, 5.41) is 0. The van der Waals surface area contributed by atoms with Crippen LogP contribution in [0.3, 0.4) is 0 Å². The second kappa shape index (κ2) is 2.66. The molecule has 0 bridgehead atoms. The van der Waals surface area contributed by atoms with Crippen molar-refractivity contribution in [2.75, 3.05) is 0 Å². The molecule has 0 spiro atoms. The van der Waals surface area contributed by atoms with E-state index in [1.165, 1.54) is 0 Å². The summed E-state index contributed by atoms with van der Waals surface area (Å²) in [5.41, 5.74) is 0. The van der Waals surface area contributed by atoms with E-state index in [9.17, 15) is 0 Å². The number of rotatable bonds is 1. The average Bonchev–Trinajstić information content (AvgIpc) is 1.36. The molecule has 0 aromatic heterocycles. The zero-order valence-electron chi connectivity index (χ0n) is 4.73. The van der Waals surface area contributed by atoms with Crippen molar-refractivity contribution >= 4 is 16.3 Å². The summed E-state index contributed by atoms with van der Waals surface area (Å²) in [6.45, 7) is 6.64. The fourth-order valence-electron chi connectivity index (χ4n) is 0. The molecule has 0 rings (SSSR count). The molecule has 6 heavy (non-hydrogen) atoms. The predicted molar refractivity (Wildman–Crippen MR) is 32.1 cm³/mol. The molecule has 0 saturated carbocycles. The highest BCUT2D eigenvalue weighted by Crippen LogP contribution is 2.09. The van der Waals surface area contributed by atoms with Crippen molar-refractivity contribution in [2.24, 2.45) is 5.92 Å². The van der Waals surface area contributed by atoms with Gasteiger partial charge in [0, 0.05) is 1.43 Å². The fraction of sp³-hybridized carbons (Fsp3) is 1.00. The highest BCUT2D eigenvalue weighted by atomic mass is 27.0. The van der Waals surface area contributed by atoms with Crippen molar-refractivity contribution in [3.63, 3.8) is 0 Å². The third kappa shape index (κ3) is 2.75. The Kier molecular flexibility index (Phi) is 2.90. The van der Waals surface area contributed by atoms with Crippen LogP contribution in [0.25, 0.3) is 0 Å². The van der Waals surface area contributed by atoms with Crippen LogP contribution in [0.4, 0.5) is 0 Å². The number of hydrogen-bond acceptors (Lipinski definition) is 0. The summed E-state index contributed by atoms with van der Waals surface area (Å²) in [7, 11) is 0. The molecule has 0 aliphatic rings. The summed E-state index contributed by atoms with van der Waals surface area (Å²) in [4.78, 5) is 0.